The molecule has 0 aromatic carbocycles. The number of imidazole rings is 1. The van der Waals surface area contributed by atoms with Gasteiger partial charge >= 0.3 is 15.4 Å². The number of rotatable bonds is 4. The molecule has 4 rings (SSSR count). The summed E-state index contributed by atoms with van der Waals surface area (Å²) in [6.45, 7) is 0.874. The lowest BCUT2D eigenvalue weighted by molar-refractivity contribution is -0.0603. The number of aliphatic hydroxyl groups excluding tert-OH is 1. The highest BCUT2D eigenvalue weighted by Crippen LogP contribution is 2.58. The molecule has 4 heterocycles. The van der Waals surface area contributed by atoms with E-state index in [9.17, 15) is 10.00 Å². The van der Waals surface area contributed by atoms with Crippen LogP contribution < -0.4 is 16.8 Å². The topological polar surface area (TPSA) is 176 Å². The lowest BCUT2D eigenvalue weighted by atomic mass is 10.1. The molecule has 12 nitrogen and oxygen atoms in total. The van der Waals surface area contributed by atoms with Crippen LogP contribution in [0.5, 0.6) is 0 Å². The highest BCUT2D eigenvalue weighted by atomic mass is 31.2. The van der Waals surface area contributed by atoms with E-state index in [1.807, 2.05) is 0 Å². The van der Waals surface area contributed by atoms with E-state index in [0.717, 1.165) is 0 Å². The molecule has 138 valence electrons. The summed E-state index contributed by atoms with van der Waals surface area (Å²) in [6.07, 6.45) is -1.96. The van der Waals surface area contributed by atoms with Crippen molar-refractivity contribution < 1.29 is 23.8 Å². The number of anilines is 2. The van der Waals surface area contributed by atoms with Gasteiger partial charge in [0.05, 0.1) is 6.33 Å². The molecule has 2 aromatic heterocycles. The average Bonchev–Trinajstić information content (AvgIpc) is 3.14. The van der Waals surface area contributed by atoms with Gasteiger partial charge in [-0.2, -0.15) is 19.0 Å². The molecule has 2 aliphatic heterocycles. The maximum atomic E-state index is 10.6. The van der Waals surface area contributed by atoms with Crippen LogP contribution in [0, 0.1) is 0 Å². The molecule has 0 spiro atoms. The summed E-state index contributed by atoms with van der Waals surface area (Å²) in [5.74, 6) is 0.467. The normalized spacial score (nSPS) is 34.1. The van der Waals surface area contributed by atoms with Crippen LogP contribution in [-0.2, 0) is 13.8 Å². The highest BCUT2D eigenvalue weighted by molar-refractivity contribution is 7.85. The van der Waals surface area contributed by atoms with Crippen molar-refractivity contribution in [1.29, 1.82) is 0 Å². The summed E-state index contributed by atoms with van der Waals surface area (Å²) < 4.78 is 17.7. The molecule has 2 saturated heterocycles. The fourth-order valence-corrected chi connectivity index (χ4v) is 4.02. The summed E-state index contributed by atoms with van der Waals surface area (Å²) in [7, 11) is 2.06. The fraction of sp³-hybridized carbons (Fsp3) is 0.583. The Kier molecular flexibility index (Phi) is 4.47. The van der Waals surface area contributed by atoms with Crippen LogP contribution in [0.2, 0.25) is 0 Å². The van der Waals surface area contributed by atoms with Gasteiger partial charge in [0.15, 0.2) is 23.8 Å². The second kappa shape index (κ2) is 6.53. The minimum Gasteiger partial charge on any atom is -0.385 e. The van der Waals surface area contributed by atoms with Gasteiger partial charge in [-0.3, -0.25) is 4.57 Å². The zero-order valence-corrected chi connectivity index (χ0v) is 14.5. The third kappa shape index (κ3) is 3.01. The van der Waals surface area contributed by atoms with Crippen LogP contribution in [0.25, 0.3) is 11.2 Å². The maximum absolute atomic E-state index is 10.6. The summed E-state index contributed by atoms with van der Waals surface area (Å²) in [5.41, 5.74) is 12.1. The zero-order valence-electron chi connectivity index (χ0n) is 13.6. The number of nitrogen functional groups attached to an aromatic ring is 1. The van der Waals surface area contributed by atoms with Gasteiger partial charge in [0.2, 0.25) is 5.95 Å². The van der Waals surface area contributed by atoms with E-state index in [1.54, 1.807) is 0 Å². The first-order chi connectivity index (χ1) is 12.4. The molecular formula is C12H18BN7O5P+. The number of aliphatic hydroxyl groups is 1. The smallest absolute Gasteiger partial charge is 0.385 e. The van der Waals surface area contributed by atoms with Crippen LogP contribution in [0.4, 0.5) is 11.8 Å². The second-order valence-electron chi connectivity index (χ2n) is 5.96. The molecule has 0 saturated carbocycles. The van der Waals surface area contributed by atoms with Gasteiger partial charge in [0.25, 0.3) is 0 Å². The van der Waals surface area contributed by atoms with E-state index in [0.29, 0.717) is 24.3 Å². The summed E-state index contributed by atoms with van der Waals surface area (Å²) in [5, 5.41) is 13.6. The fourth-order valence-electron chi connectivity index (χ4n) is 2.99. The molecule has 0 amide bonds. The second-order valence-corrected chi connectivity index (χ2v) is 7.55. The molecule has 2 fully saturated rings. The quantitative estimate of drug-likeness (QED) is 0.301. The first kappa shape index (κ1) is 17.8. The third-order valence-corrected chi connectivity index (χ3v) is 5.22. The van der Waals surface area contributed by atoms with Gasteiger partial charge in [0, 0.05) is 13.1 Å². The van der Waals surface area contributed by atoms with Crippen molar-refractivity contribution >= 4 is 38.3 Å². The summed E-state index contributed by atoms with van der Waals surface area (Å²) in [6, 6.07) is 0. The molecule has 14 heteroatoms. The predicted molar refractivity (Wildman–Crippen MR) is 92.9 cm³/mol. The largest absolute Gasteiger partial charge is 0.488 e. The van der Waals surface area contributed by atoms with Crippen LogP contribution in [0.3, 0.4) is 0 Å². The first-order valence-corrected chi connectivity index (χ1v) is 9.55. The van der Waals surface area contributed by atoms with Gasteiger partial charge in [0.1, 0.15) is 24.3 Å². The van der Waals surface area contributed by atoms with Crippen molar-refractivity contribution in [3.63, 3.8) is 0 Å². The highest BCUT2D eigenvalue weighted by Gasteiger charge is 2.56. The molecule has 2 unspecified atom stereocenters. The van der Waals surface area contributed by atoms with Crippen LogP contribution in [0.15, 0.2) is 6.33 Å². The Balaban J connectivity index is 1.67. The maximum Gasteiger partial charge on any atom is 0.488 e. The van der Waals surface area contributed by atoms with Crippen LogP contribution >= 0.6 is 7.82 Å². The predicted octanol–water partition coefficient (Wildman–Crippen LogP) is -1.71. The van der Waals surface area contributed by atoms with Crippen molar-refractivity contribution in [3.8, 4) is 0 Å². The Morgan fingerprint density at radius 1 is 1.46 bits per heavy atom. The van der Waals surface area contributed by atoms with Crippen molar-refractivity contribution in [2.75, 3.05) is 30.7 Å². The van der Waals surface area contributed by atoms with Gasteiger partial charge in [-0.1, -0.05) is 0 Å². The Bertz CT molecular complexity index is 823. The van der Waals surface area contributed by atoms with Gasteiger partial charge in [-0.15, -0.1) is 0 Å². The Morgan fingerprint density at radius 2 is 2.27 bits per heavy atom. The molecule has 26 heavy (non-hydrogen) atoms. The lowest BCUT2D eigenvalue weighted by Crippen LogP contribution is -2.40. The van der Waals surface area contributed by atoms with E-state index >= 15 is 0 Å². The number of nitrogens with two attached hydrogens (primary N) is 2. The minimum atomic E-state index is -3.46. The van der Waals surface area contributed by atoms with E-state index < -0.39 is 32.4 Å². The Morgan fingerprint density at radius 3 is 3.04 bits per heavy atom. The molecule has 2 aliphatic rings. The van der Waals surface area contributed by atoms with E-state index in [2.05, 4.69) is 20.3 Å². The summed E-state index contributed by atoms with van der Waals surface area (Å²) >= 11 is 0. The van der Waals surface area contributed by atoms with E-state index in [1.165, 1.54) is 10.9 Å². The van der Waals surface area contributed by atoms with E-state index in [-0.39, 0.29) is 18.4 Å². The number of ether oxygens (including phenoxy) is 1. The van der Waals surface area contributed by atoms with Crippen LogP contribution in [0.1, 0.15) is 6.23 Å². The molecular weight excluding hydrogens is 364 g/mol. The molecule has 0 aliphatic carbocycles. The lowest BCUT2D eigenvalue weighted by Gasteiger charge is -2.27. The molecule has 2 aromatic rings. The number of hydrogen-bond donors (Lipinski definition) is 5. The van der Waals surface area contributed by atoms with E-state index in [4.69, 9.17) is 32.8 Å². The number of nitrogens with zero attached hydrogens (tertiary/aromatic N) is 4. The van der Waals surface area contributed by atoms with Crippen molar-refractivity contribution in [2.24, 2.45) is 5.73 Å². The zero-order chi connectivity index (χ0) is 18.5. The molecule has 7 N–H and O–H groups in total. The summed E-state index contributed by atoms with van der Waals surface area (Å²) in [4.78, 5) is 22.5. The van der Waals surface area contributed by atoms with Crippen LogP contribution in [-0.4, -0.2) is 75.1 Å². The van der Waals surface area contributed by atoms with Gasteiger partial charge in [-0.05, 0) is 0 Å². The van der Waals surface area contributed by atoms with Gasteiger partial charge < -0.3 is 26.6 Å². The van der Waals surface area contributed by atoms with Crippen molar-refractivity contribution in [3.05, 3.63) is 6.33 Å². The number of aromatic nitrogens is 4. The first-order valence-electron chi connectivity index (χ1n) is 7.90. The average molecular weight is 382 g/mol. The SMILES string of the molecule is [B][P+]1(O)OC[C@H]2O[C@@H](n3cnc4c(N)nc(NCCN)nc43)C(O)[C@H]2O1. The van der Waals surface area contributed by atoms with Crippen molar-refractivity contribution in [1.82, 2.24) is 19.5 Å². The standard InChI is InChI=1S/C12H18BN7O5P/c13-26(22)23-3-5-8(25-26)7(21)11(24-5)20-4-17-6-9(15)18-12(16-2-1-14)19-10(6)20/h4-5,7-8,11,21-22H,1-3,14H2,(H3,15,16,18,19)/q+1/t5-,7?,8+,11-,26?/m1/s1. The Hall–Kier alpha value is -1.60. The molecule has 0 bridgehead atoms. The number of fused-ring (bicyclic) bond motifs is 2. The molecule has 5 atom stereocenters. The Labute approximate surface area is 149 Å². The monoisotopic (exact) mass is 382 g/mol. The number of hydrogen-bond acceptors (Lipinski definition) is 11. The van der Waals surface area contributed by atoms with Crippen molar-refractivity contribution in [2.45, 2.75) is 24.5 Å². The molecule has 2 radical (unpaired) electrons. The van der Waals surface area contributed by atoms with Gasteiger partial charge in [-0.25, -0.2) is 9.88 Å². The minimum absolute atomic E-state index is 0.00601. The third-order valence-electron chi connectivity index (χ3n) is 4.16. The number of nitrogens with one attached hydrogen (secondary N) is 1.